The highest BCUT2D eigenvalue weighted by atomic mass is 35.5. The van der Waals surface area contributed by atoms with Crippen molar-refractivity contribution in [1.29, 1.82) is 0 Å². The van der Waals surface area contributed by atoms with E-state index in [1.807, 2.05) is 13.1 Å². The highest BCUT2D eigenvalue weighted by Gasteiger charge is 2.32. The molecule has 2 N–H and O–H groups in total. The highest BCUT2D eigenvalue weighted by molar-refractivity contribution is 5.85. The summed E-state index contributed by atoms with van der Waals surface area (Å²) in [6.07, 6.45) is 3.07. The lowest BCUT2D eigenvalue weighted by Gasteiger charge is -2.23. The second-order valence-electron chi connectivity index (χ2n) is 6.02. The van der Waals surface area contributed by atoms with Crippen LogP contribution in [0.3, 0.4) is 0 Å². The maximum atomic E-state index is 5.86. The first kappa shape index (κ1) is 20.5. The van der Waals surface area contributed by atoms with Gasteiger partial charge in [0.15, 0.2) is 0 Å². The molecule has 0 aromatic carbocycles. The van der Waals surface area contributed by atoms with Crippen molar-refractivity contribution in [1.82, 2.24) is 9.88 Å². The van der Waals surface area contributed by atoms with Gasteiger partial charge in [0.05, 0.1) is 12.8 Å². The van der Waals surface area contributed by atoms with Crippen LogP contribution in [0.15, 0.2) is 6.20 Å². The van der Waals surface area contributed by atoms with Crippen molar-refractivity contribution in [3.8, 4) is 5.75 Å². The van der Waals surface area contributed by atoms with Crippen LogP contribution in [-0.2, 0) is 6.54 Å². The molecule has 0 radical (unpaired) electrons. The monoisotopic (exact) mass is 335 g/mol. The Bertz CT molecular complexity index is 470. The number of halogens is 2. The average molecular weight is 336 g/mol. The number of ether oxygens (including phenoxy) is 1. The Morgan fingerprint density at radius 1 is 1.38 bits per heavy atom. The Kier molecular flexibility index (Phi) is 7.97. The fourth-order valence-electron chi connectivity index (χ4n) is 2.87. The zero-order valence-corrected chi connectivity index (χ0v) is 14.9. The third-order valence-corrected chi connectivity index (χ3v) is 4.25. The normalized spacial score (nSPS) is 21.6. The second kappa shape index (κ2) is 8.18. The molecule has 1 aliphatic rings. The van der Waals surface area contributed by atoms with Crippen molar-refractivity contribution in [3.05, 3.63) is 23.0 Å². The van der Waals surface area contributed by atoms with Crippen LogP contribution in [0.4, 0.5) is 0 Å². The predicted molar refractivity (Wildman–Crippen MR) is 91.8 cm³/mol. The van der Waals surface area contributed by atoms with Gasteiger partial charge in [-0.3, -0.25) is 9.88 Å². The largest absolute Gasteiger partial charge is 0.496 e. The van der Waals surface area contributed by atoms with Gasteiger partial charge in [-0.1, -0.05) is 6.92 Å². The minimum Gasteiger partial charge on any atom is -0.496 e. The van der Waals surface area contributed by atoms with Crippen LogP contribution >= 0.6 is 24.8 Å². The van der Waals surface area contributed by atoms with Gasteiger partial charge < -0.3 is 10.5 Å². The topological polar surface area (TPSA) is 51.4 Å². The van der Waals surface area contributed by atoms with Crippen LogP contribution in [0, 0.1) is 19.3 Å². The molecule has 0 spiro atoms. The molecule has 21 heavy (non-hydrogen) atoms. The minimum absolute atomic E-state index is 0. The average Bonchev–Trinajstić information content (AvgIpc) is 2.76. The van der Waals surface area contributed by atoms with Crippen molar-refractivity contribution in [2.75, 3.05) is 26.7 Å². The van der Waals surface area contributed by atoms with E-state index >= 15 is 0 Å². The highest BCUT2D eigenvalue weighted by Crippen LogP contribution is 2.31. The van der Waals surface area contributed by atoms with Gasteiger partial charge >= 0.3 is 0 Å². The Labute approximate surface area is 140 Å². The van der Waals surface area contributed by atoms with Crippen LogP contribution in [0.25, 0.3) is 0 Å². The first-order chi connectivity index (χ1) is 8.99. The lowest BCUT2D eigenvalue weighted by atomic mass is 9.90. The van der Waals surface area contributed by atoms with E-state index in [1.54, 1.807) is 7.11 Å². The van der Waals surface area contributed by atoms with Gasteiger partial charge in [0.2, 0.25) is 0 Å². The number of nitrogens with zero attached hydrogens (tertiary/aromatic N) is 2. The van der Waals surface area contributed by atoms with Crippen LogP contribution < -0.4 is 10.5 Å². The number of rotatable bonds is 4. The van der Waals surface area contributed by atoms with Crippen molar-refractivity contribution >= 4 is 24.8 Å². The summed E-state index contributed by atoms with van der Waals surface area (Å²) in [5, 5.41) is 0. The molecule has 0 amide bonds. The standard InChI is InChI=1S/C15H25N3O.2ClH/c1-11-7-17-13(12(2)14(11)19-4)8-18-6-5-15(3,9-16)10-18;;/h7H,5-6,8-10,16H2,1-4H3;2*1H. The Balaban J connectivity index is 0.00000200. The molecule has 0 aliphatic carbocycles. The number of hydrogen-bond donors (Lipinski definition) is 1. The van der Waals surface area contributed by atoms with E-state index in [9.17, 15) is 0 Å². The van der Waals surface area contributed by atoms with Gasteiger partial charge in [0, 0.05) is 30.4 Å². The summed E-state index contributed by atoms with van der Waals surface area (Å²) in [5.41, 5.74) is 9.49. The van der Waals surface area contributed by atoms with E-state index in [4.69, 9.17) is 10.5 Å². The van der Waals surface area contributed by atoms with E-state index in [-0.39, 0.29) is 30.2 Å². The number of hydrogen-bond acceptors (Lipinski definition) is 4. The number of pyridine rings is 1. The predicted octanol–water partition coefficient (Wildman–Crippen LogP) is 2.72. The molecule has 1 fully saturated rings. The molecule has 1 aromatic heterocycles. The summed E-state index contributed by atoms with van der Waals surface area (Å²) < 4.78 is 5.46. The van der Waals surface area contributed by atoms with Crippen molar-refractivity contribution in [2.45, 2.75) is 33.7 Å². The molecule has 2 rings (SSSR count). The maximum Gasteiger partial charge on any atom is 0.128 e. The Hall–Kier alpha value is -0.550. The molecule has 0 bridgehead atoms. The SMILES string of the molecule is COc1c(C)cnc(CN2CCC(C)(CN)C2)c1C.Cl.Cl. The third-order valence-electron chi connectivity index (χ3n) is 4.25. The summed E-state index contributed by atoms with van der Waals surface area (Å²) in [7, 11) is 1.72. The summed E-state index contributed by atoms with van der Waals surface area (Å²) in [5.74, 6) is 0.964. The molecule has 2 heterocycles. The van der Waals surface area contributed by atoms with E-state index in [2.05, 4.69) is 23.7 Å². The van der Waals surface area contributed by atoms with E-state index < -0.39 is 0 Å². The van der Waals surface area contributed by atoms with Crippen molar-refractivity contribution < 1.29 is 4.74 Å². The molecule has 1 aliphatic heterocycles. The van der Waals surface area contributed by atoms with Gasteiger partial charge in [-0.15, -0.1) is 24.8 Å². The molecule has 1 unspecified atom stereocenters. The van der Waals surface area contributed by atoms with Gasteiger partial charge in [-0.2, -0.15) is 0 Å². The van der Waals surface area contributed by atoms with Gasteiger partial charge in [0.1, 0.15) is 5.75 Å². The first-order valence-electron chi connectivity index (χ1n) is 6.90. The molecule has 122 valence electrons. The Morgan fingerprint density at radius 2 is 2.05 bits per heavy atom. The molecule has 0 saturated carbocycles. The molecule has 1 aromatic rings. The minimum atomic E-state index is 0. The number of nitrogens with two attached hydrogens (primary N) is 1. The summed E-state index contributed by atoms with van der Waals surface area (Å²) in [4.78, 5) is 7.01. The smallest absolute Gasteiger partial charge is 0.128 e. The van der Waals surface area contributed by atoms with E-state index in [0.29, 0.717) is 0 Å². The van der Waals surface area contributed by atoms with Gasteiger partial charge in [-0.05, 0) is 38.8 Å². The fraction of sp³-hybridized carbons (Fsp3) is 0.667. The summed E-state index contributed by atoms with van der Waals surface area (Å²) in [6, 6.07) is 0. The van der Waals surface area contributed by atoms with Gasteiger partial charge in [-0.25, -0.2) is 0 Å². The van der Waals surface area contributed by atoms with E-state index in [0.717, 1.165) is 48.7 Å². The van der Waals surface area contributed by atoms with Crippen LogP contribution in [-0.4, -0.2) is 36.6 Å². The first-order valence-corrected chi connectivity index (χ1v) is 6.90. The number of aromatic nitrogens is 1. The fourth-order valence-corrected chi connectivity index (χ4v) is 2.87. The molecule has 1 saturated heterocycles. The quantitative estimate of drug-likeness (QED) is 0.919. The maximum absolute atomic E-state index is 5.86. The van der Waals surface area contributed by atoms with E-state index in [1.165, 1.54) is 6.42 Å². The molecule has 4 nitrogen and oxygen atoms in total. The molecular formula is C15H27Cl2N3O. The van der Waals surface area contributed by atoms with Crippen LogP contribution in [0.1, 0.15) is 30.2 Å². The number of methoxy groups -OCH3 is 1. The molecular weight excluding hydrogens is 309 g/mol. The summed E-state index contributed by atoms with van der Waals surface area (Å²) in [6.45, 7) is 10.2. The van der Waals surface area contributed by atoms with Crippen molar-refractivity contribution in [2.24, 2.45) is 11.1 Å². The molecule has 6 heteroatoms. The van der Waals surface area contributed by atoms with Crippen molar-refractivity contribution in [3.63, 3.8) is 0 Å². The summed E-state index contributed by atoms with van der Waals surface area (Å²) >= 11 is 0. The lowest BCUT2D eigenvalue weighted by Crippen LogP contribution is -2.31. The van der Waals surface area contributed by atoms with Gasteiger partial charge in [0.25, 0.3) is 0 Å². The zero-order valence-electron chi connectivity index (χ0n) is 13.3. The second-order valence-corrected chi connectivity index (χ2v) is 6.02. The van der Waals surface area contributed by atoms with Crippen LogP contribution in [0.2, 0.25) is 0 Å². The zero-order chi connectivity index (χ0) is 14.0. The number of aryl methyl sites for hydroxylation is 1. The number of likely N-dealkylation sites (tertiary alicyclic amines) is 1. The third kappa shape index (κ3) is 4.46. The molecule has 1 atom stereocenters. The Morgan fingerprint density at radius 3 is 2.57 bits per heavy atom. The lowest BCUT2D eigenvalue weighted by molar-refractivity contribution is 0.271. The van der Waals surface area contributed by atoms with Crippen LogP contribution in [0.5, 0.6) is 5.75 Å².